The Kier molecular flexibility index (Phi) is 8.11. The monoisotopic (exact) mass is 779 g/mol. The molecule has 12 rings (SSSR count). The van der Waals surface area contributed by atoms with Crippen LogP contribution in [0.4, 0.5) is 17.1 Å². The molecule has 0 bridgehead atoms. The first-order chi connectivity index (χ1) is 29.7. The molecule has 12 aromatic rings. The number of hydrogen-bond acceptors (Lipinski definition) is 2. The van der Waals surface area contributed by atoms with Crippen LogP contribution in [0.1, 0.15) is 0 Å². The van der Waals surface area contributed by atoms with Crippen molar-refractivity contribution in [2.75, 3.05) is 4.90 Å². The molecular formula is C58H37NS. The quantitative estimate of drug-likeness (QED) is 0.152. The summed E-state index contributed by atoms with van der Waals surface area (Å²) < 4.78 is 2.60. The second-order valence-corrected chi connectivity index (χ2v) is 16.7. The van der Waals surface area contributed by atoms with Crippen LogP contribution in [0.15, 0.2) is 224 Å². The molecule has 1 aromatic heterocycles. The number of nitrogens with zero attached hydrogens (tertiary/aromatic N) is 1. The lowest BCUT2D eigenvalue weighted by molar-refractivity contribution is 1.29. The molecule has 60 heavy (non-hydrogen) atoms. The molecule has 11 aromatic carbocycles. The number of thiophene rings is 1. The van der Waals surface area contributed by atoms with E-state index in [-0.39, 0.29) is 0 Å². The van der Waals surface area contributed by atoms with E-state index in [0.717, 1.165) is 17.1 Å². The van der Waals surface area contributed by atoms with Gasteiger partial charge in [-0.25, -0.2) is 0 Å². The molecule has 0 N–H and O–H groups in total. The van der Waals surface area contributed by atoms with Crippen molar-refractivity contribution in [3.63, 3.8) is 0 Å². The molecule has 0 radical (unpaired) electrons. The van der Waals surface area contributed by atoms with E-state index in [4.69, 9.17) is 0 Å². The highest BCUT2D eigenvalue weighted by Gasteiger charge is 2.20. The maximum atomic E-state index is 2.44. The number of para-hydroxylation sites is 1. The Morgan fingerprint density at radius 2 is 0.800 bits per heavy atom. The van der Waals surface area contributed by atoms with Crippen LogP contribution < -0.4 is 4.90 Å². The molecule has 0 aliphatic heterocycles. The number of rotatable bonds is 6. The predicted octanol–water partition coefficient (Wildman–Crippen LogP) is 17.1. The average molecular weight is 780 g/mol. The third-order valence-electron chi connectivity index (χ3n) is 12.2. The number of anilines is 3. The van der Waals surface area contributed by atoms with Crippen LogP contribution in [0, 0.1) is 0 Å². The summed E-state index contributed by atoms with van der Waals surface area (Å²) >= 11 is 1.86. The molecule has 0 aliphatic rings. The van der Waals surface area contributed by atoms with Gasteiger partial charge in [-0.2, -0.15) is 0 Å². The van der Waals surface area contributed by atoms with Gasteiger partial charge in [0.05, 0.1) is 5.69 Å². The van der Waals surface area contributed by atoms with E-state index in [1.54, 1.807) is 0 Å². The van der Waals surface area contributed by atoms with Crippen molar-refractivity contribution >= 4 is 91.7 Å². The van der Waals surface area contributed by atoms with Gasteiger partial charge in [0.15, 0.2) is 0 Å². The van der Waals surface area contributed by atoms with Crippen LogP contribution in [0.3, 0.4) is 0 Å². The lowest BCUT2D eigenvalue weighted by atomic mass is 9.92. The topological polar surface area (TPSA) is 3.24 Å². The summed E-state index contributed by atoms with van der Waals surface area (Å²) in [6, 6.07) is 82.6. The summed E-state index contributed by atoms with van der Waals surface area (Å²) in [7, 11) is 0. The molecule has 0 saturated carbocycles. The largest absolute Gasteiger partial charge is 0.310 e. The van der Waals surface area contributed by atoms with Gasteiger partial charge in [-0.05, 0) is 126 Å². The van der Waals surface area contributed by atoms with Crippen LogP contribution in [-0.4, -0.2) is 0 Å². The highest BCUT2D eigenvalue weighted by atomic mass is 32.1. The van der Waals surface area contributed by atoms with E-state index in [2.05, 4.69) is 229 Å². The number of benzene rings is 11. The zero-order chi connectivity index (χ0) is 39.6. The standard InChI is InChI=1S/C58H37NS/c1-2-17-45-39(13-1)14-12-24-46(45)41-15-11-16-42(35-41)47-18-7-9-25-56(47)59(44-32-34-58-55(37-44)53-23-8-10-26-57(53)60-58)43-30-27-38(28-31-43)40-29-33-52-50-21-4-3-19-48(50)49-20-5-6-22-51(49)54(52)36-40/h1-37H. The summed E-state index contributed by atoms with van der Waals surface area (Å²) in [5.74, 6) is 0. The average Bonchev–Trinajstić information content (AvgIpc) is 3.70. The van der Waals surface area contributed by atoms with Crippen LogP contribution in [-0.2, 0) is 0 Å². The van der Waals surface area contributed by atoms with Gasteiger partial charge in [0, 0.05) is 37.1 Å². The molecule has 0 spiro atoms. The van der Waals surface area contributed by atoms with E-state index in [0.29, 0.717) is 0 Å². The highest BCUT2D eigenvalue weighted by molar-refractivity contribution is 7.25. The van der Waals surface area contributed by atoms with Crippen LogP contribution >= 0.6 is 11.3 Å². The third kappa shape index (κ3) is 5.68. The van der Waals surface area contributed by atoms with E-state index >= 15 is 0 Å². The van der Waals surface area contributed by atoms with Gasteiger partial charge in [-0.15, -0.1) is 11.3 Å². The van der Waals surface area contributed by atoms with Crippen LogP contribution in [0.2, 0.25) is 0 Å². The summed E-state index contributed by atoms with van der Waals surface area (Å²) in [6.45, 7) is 0. The Balaban J connectivity index is 1.01. The van der Waals surface area contributed by atoms with E-state index in [1.807, 2.05) is 11.3 Å². The fourth-order valence-corrected chi connectivity index (χ4v) is 10.5. The maximum absolute atomic E-state index is 2.44. The summed E-state index contributed by atoms with van der Waals surface area (Å²) in [5.41, 5.74) is 10.5. The fraction of sp³-hybridized carbons (Fsp3) is 0. The predicted molar refractivity (Wildman–Crippen MR) is 260 cm³/mol. The van der Waals surface area contributed by atoms with Crippen LogP contribution in [0.25, 0.3) is 96.6 Å². The summed E-state index contributed by atoms with van der Waals surface area (Å²) in [4.78, 5) is 2.44. The minimum absolute atomic E-state index is 1.10. The zero-order valence-electron chi connectivity index (χ0n) is 32.7. The van der Waals surface area contributed by atoms with Gasteiger partial charge in [-0.1, -0.05) is 170 Å². The van der Waals surface area contributed by atoms with Gasteiger partial charge in [0.1, 0.15) is 0 Å². The van der Waals surface area contributed by atoms with E-state index in [9.17, 15) is 0 Å². The smallest absolute Gasteiger partial charge is 0.0540 e. The molecule has 0 atom stereocenters. The SMILES string of the molecule is c1cc(-c2ccccc2N(c2ccc(-c3ccc4c5ccccc5c5ccccc5c4c3)cc2)c2ccc3sc4ccccc4c3c2)cc(-c2cccc3ccccc23)c1. The molecule has 0 unspecified atom stereocenters. The second kappa shape index (κ2) is 14.1. The molecule has 0 aliphatic carbocycles. The van der Waals surface area contributed by atoms with E-state index in [1.165, 1.54) is 96.6 Å². The summed E-state index contributed by atoms with van der Waals surface area (Å²) in [6.07, 6.45) is 0. The first-order valence-electron chi connectivity index (χ1n) is 20.6. The first kappa shape index (κ1) is 34.5. The molecule has 0 fully saturated rings. The van der Waals surface area contributed by atoms with Crippen molar-refractivity contribution < 1.29 is 0 Å². The Morgan fingerprint density at radius 1 is 0.267 bits per heavy atom. The van der Waals surface area contributed by atoms with Crippen molar-refractivity contribution in [2.45, 2.75) is 0 Å². The van der Waals surface area contributed by atoms with Crippen molar-refractivity contribution in [3.05, 3.63) is 224 Å². The van der Waals surface area contributed by atoms with Crippen molar-refractivity contribution in [3.8, 4) is 33.4 Å². The number of fused-ring (bicyclic) bond motifs is 10. The molecule has 2 heteroatoms. The van der Waals surface area contributed by atoms with Crippen molar-refractivity contribution in [1.29, 1.82) is 0 Å². The lowest BCUT2D eigenvalue weighted by Crippen LogP contribution is -2.11. The minimum Gasteiger partial charge on any atom is -0.310 e. The Labute approximate surface area is 352 Å². The van der Waals surface area contributed by atoms with Gasteiger partial charge < -0.3 is 4.90 Å². The zero-order valence-corrected chi connectivity index (χ0v) is 33.5. The second-order valence-electron chi connectivity index (χ2n) is 15.6. The Hall–Kier alpha value is -7.52. The van der Waals surface area contributed by atoms with Gasteiger partial charge in [0.2, 0.25) is 0 Å². The Morgan fingerprint density at radius 3 is 1.58 bits per heavy atom. The normalized spacial score (nSPS) is 11.7. The van der Waals surface area contributed by atoms with Gasteiger partial charge >= 0.3 is 0 Å². The Bertz CT molecular complexity index is 3570. The molecule has 280 valence electrons. The lowest BCUT2D eigenvalue weighted by Gasteiger charge is -2.28. The maximum Gasteiger partial charge on any atom is 0.0540 e. The minimum atomic E-state index is 1.10. The fourth-order valence-electron chi connectivity index (χ4n) is 9.41. The number of hydrogen-bond donors (Lipinski definition) is 0. The molecule has 0 saturated heterocycles. The van der Waals surface area contributed by atoms with Crippen molar-refractivity contribution in [1.82, 2.24) is 0 Å². The summed E-state index contributed by atoms with van der Waals surface area (Å²) in [5, 5.41) is 12.8. The van der Waals surface area contributed by atoms with Gasteiger partial charge in [0.25, 0.3) is 0 Å². The molecular weight excluding hydrogens is 743 g/mol. The molecule has 0 amide bonds. The van der Waals surface area contributed by atoms with Crippen molar-refractivity contribution in [2.24, 2.45) is 0 Å². The van der Waals surface area contributed by atoms with Crippen LogP contribution in [0.5, 0.6) is 0 Å². The first-order valence-corrected chi connectivity index (χ1v) is 21.4. The van der Waals surface area contributed by atoms with E-state index < -0.39 is 0 Å². The third-order valence-corrected chi connectivity index (χ3v) is 13.4. The highest BCUT2D eigenvalue weighted by Crippen LogP contribution is 2.45. The molecule has 1 heterocycles. The molecule has 1 nitrogen and oxygen atoms in total. The van der Waals surface area contributed by atoms with Gasteiger partial charge in [-0.3, -0.25) is 0 Å².